The van der Waals surface area contributed by atoms with Crippen LogP contribution in [-0.4, -0.2) is 51.0 Å². The van der Waals surface area contributed by atoms with E-state index in [4.69, 9.17) is 31.5 Å². The fourth-order valence-electron chi connectivity index (χ4n) is 2.95. The molecule has 1 fully saturated rings. The maximum absolute atomic E-state index is 6.38. The number of nitrogens with zero attached hydrogens (tertiary/aromatic N) is 1. The highest BCUT2D eigenvalue weighted by Crippen LogP contribution is 2.41. The summed E-state index contributed by atoms with van der Waals surface area (Å²) in [6.45, 7) is 3.31. The van der Waals surface area contributed by atoms with Gasteiger partial charge in [-0.25, -0.2) is 0 Å². The first kappa shape index (κ1) is 14.9. The van der Waals surface area contributed by atoms with Crippen LogP contribution in [-0.2, 0) is 4.74 Å². The first-order valence-corrected chi connectivity index (χ1v) is 7.69. The molecular formula is C15H21ClN2O3. The number of halogens is 1. The number of hydrogen-bond donors (Lipinski definition) is 1. The predicted molar refractivity (Wildman–Crippen MR) is 81.2 cm³/mol. The zero-order valence-electron chi connectivity index (χ0n) is 12.2. The third-order valence-corrected chi connectivity index (χ3v) is 4.28. The number of nitrogens with two attached hydrogens (primary N) is 1. The Balaban J connectivity index is 1.97. The van der Waals surface area contributed by atoms with E-state index in [0.29, 0.717) is 42.9 Å². The average Bonchev–Trinajstić information content (AvgIpc) is 2.72. The van der Waals surface area contributed by atoms with E-state index in [2.05, 4.69) is 11.9 Å². The van der Waals surface area contributed by atoms with Crippen molar-refractivity contribution in [1.82, 2.24) is 4.90 Å². The number of fused-ring (bicyclic) bond motifs is 1. The summed E-state index contributed by atoms with van der Waals surface area (Å²) >= 11 is 6.38. The molecule has 2 atom stereocenters. The number of likely N-dealkylation sites (N-methyl/N-ethyl adjacent to an activating group) is 1. The Morgan fingerprint density at radius 3 is 2.90 bits per heavy atom. The molecule has 116 valence electrons. The molecule has 2 aliphatic heterocycles. The SMILES string of the molecule is CN1CCOC(CN)C1c1cc(Cl)c2c(c1)OCCCO2. The maximum Gasteiger partial charge on any atom is 0.179 e. The van der Waals surface area contributed by atoms with Crippen LogP contribution in [0.3, 0.4) is 0 Å². The molecule has 0 spiro atoms. The molecule has 2 aliphatic rings. The van der Waals surface area contributed by atoms with E-state index < -0.39 is 0 Å². The second-order valence-corrected chi connectivity index (χ2v) is 5.86. The largest absolute Gasteiger partial charge is 0.489 e. The van der Waals surface area contributed by atoms with Crippen molar-refractivity contribution in [3.05, 3.63) is 22.7 Å². The molecule has 3 rings (SSSR count). The highest BCUT2D eigenvalue weighted by Gasteiger charge is 2.32. The molecule has 1 saturated heterocycles. The summed E-state index contributed by atoms with van der Waals surface area (Å²) in [7, 11) is 2.08. The van der Waals surface area contributed by atoms with Gasteiger partial charge < -0.3 is 19.9 Å². The van der Waals surface area contributed by atoms with Crippen LogP contribution in [0.1, 0.15) is 18.0 Å². The minimum absolute atomic E-state index is 0.0374. The van der Waals surface area contributed by atoms with Gasteiger partial charge in [-0.05, 0) is 24.7 Å². The Bertz CT molecular complexity index is 512. The van der Waals surface area contributed by atoms with Crippen LogP contribution in [0, 0.1) is 0 Å². The van der Waals surface area contributed by atoms with Gasteiger partial charge >= 0.3 is 0 Å². The zero-order chi connectivity index (χ0) is 14.8. The molecule has 2 N–H and O–H groups in total. The summed E-state index contributed by atoms with van der Waals surface area (Å²) < 4.78 is 17.2. The molecule has 2 unspecified atom stereocenters. The van der Waals surface area contributed by atoms with E-state index in [-0.39, 0.29) is 12.1 Å². The van der Waals surface area contributed by atoms with Crippen LogP contribution in [0.25, 0.3) is 0 Å². The Labute approximate surface area is 129 Å². The summed E-state index contributed by atoms with van der Waals surface area (Å²) in [5, 5.41) is 0.583. The standard InChI is InChI=1S/C15H21ClN2O3/c1-18-3-6-20-13(9-17)14(18)10-7-11(16)15-12(8-10)19-4-2-5-21-15/h7-8,13-14H,2-6,9,17H2,1H3. The fourth-order valence-corrected chi connectivity index (χ4v) is 3.22. The highest BCUT2D eigenvalue weighted by atomic mass is 35.5. The normalized spacial score (nSPS) is 26.4. The van der Waals surface area contributed by atoms with Crippen molar-refractivity contribution in [1.29, 1.82) is 0 Å². The van der Waals surface area contributed by atoms with E-state index >= 15 is 0 Å². The molecule has 0 radical (unpaired) electrons. The zero-order valence-corrected chi connectivity index (χ0v) is 12.9. The van der Waals surface area contributed by atoms with E-state index in [0.717, 1.165) is 18.5 Å². The van der Waals surface area contributed by atoms with Crippen LogP contribution in [0.2, 0.25) is 5.02 Å². The van der Waals surface area contributed by atoms with Gasteiger partial charge in [-0.3, -0.25) is 4.90 Å². The number of morpholine rings is 1. The Kier molecular flexibility index (Phi) is 4.54. The molecule has 0 saturated carbocycles. The minimum atomic E-state index is -0.0374. The number of ether oxygens (including phenoxy) is 3. The van der Waals surface area contributed by atoms with Gasteiger partial charge in [0.05, 0.1) is 37.0 Å². The average molecular weight is 313 g/mol. The van der Waals surface area contributed by atoms with E-state index in [1.54, 1.807) is 0 Å². The third kappa shape index (κ3) is 2.97. The fraction of sp³-hybridized carbons (Fsp3) is 0.600. The highest BCUT2D eigenvalue weighted by molar-refractivity contribution is 6.32. The van der Waals surface area contributed by atoms with Crippen LogP contribution in [0.15, 0.2) is 12.1 Å². The Hall–Kier alpha value is -1.01. The molecule has 2 heterocycles. The quantitative estimate of drug-likeness (QED) is 0.903. The van der Waals surface area contributed by atoms with Crippen molar-refractivity contribution < 1.29 is 14.2 Å². The first-order chi connectivity index (χ1) is 10.2. The Morgan fingerprint density at radius 1 is 1.29 bits per heavy atom. The van der Waals surface area contributed by atoms with Crippen LogP contribution >= 0.6 is 11.6 Å². The predicted octanol–water partition coefficient (Wildman–Crippen LogP) is 1.83. The van der Waals surface area contributed by atoms with Gasteiger partial charge in [0.15, 0.2) is 11.5 Å². The van der Waals surface area contributed by atoms with Gasteiger partial charge in [-0.1, -0.05) is 11.6 Å². The minimum Gasteiger partial charge on any atom is -0.489 e. The summed E-state index contributed by atoms with van der Waals surface area (Å²) in [6, 6.07) is 4.02. The molecule has 21 heavy (non-hydrogen) atoms. The van der Waals surface area contributed by atoms with Gasteiger partial charge in [0, 0.05) is 19.5 Å². The molecule has 1 aromatic rings. The molecular weight excluding hydrogens is 292 g/mol. The number of benzene rings is 1. The first-order valence-electron chi connectivity index (χ1n) is 7.31. The summed E-state index contributed by atoms with van der Waals surface area (Å²) in [5.74, 6) is 1.35. The van der Waals surface area contributed by atoms with Crippen molar-refractivity contribution in [2.45, 2.75) is 18.6 Å². The van der Waals surface area contributed by atoms with Crippen molar-refractivity contribution in [3.63, 3.8) is 0 Å². The topological polar surface area (TPSA) is 57.0 Å². The summed E-state index contributed by atoms with van der Waals surface area (Å²) in [4.78, 5) is 2.25. The van der Waals surface area contributed by atoms with Gasteiger partial charge in [-0.2, -0.15) is 0 Å². The number of rotatable bonds is 2. The van der Waals surface area contributed by atoms with Crippen LogP contribution in [0.5, 0.6) is 11.5 Å². The van der Waals surface area contributed by atoms with Crippen molar-refractivity contribution in [2.75, 3.05) is 40.0 Å². The van der Waals surface area contributed by atoms with Crippen molar-refractivity contribution in [2.24, 2.45) is 5.73 Å². The number of hydrogen-bond acceptors (Lipinski definition) is 5. The van der Waals surface area contributed by atoms with E-state index in [1.165, 1.54) is 0 Å². The molecule has 5 nitrogen and oxygen atoms in total. The van der Waals surface area contributed by atoms with Crippen LogP contribution < -0.4 is 15.2 Å². The van der Waals surface area contributed by atoms with Crippen molar-refractivity contribution >= 4 is 11.6 Å². The van der Waals surface area contributed by atoms with Crippen LogP contribution in [0.4, 0.5) is 0 Å². The molecule has 0 aromatic heterocycles. The summed E-state index contributed by atoms with van der Waals surface area (Å²) in [6.07, 6.45) is 0.822. The lowest BCUT2D eigenvalue weighted by atomic mass is 9.98. The van der Waals surface area contributed by atoms with E-state index in [9.17, 15) is 0 Å². The lowest BCUT2D eigenvalue weighted by molar-refractivity contribution is -0.0577. The smallest absolute Gasteiger partial charge is 0.179 e. The third-order valence-electron chi connectivity index (χ3n) is 4.00. The Morgan fingerprint density at radius 2 is 2.10 bits per heavy atom. The molecule has 0 amide bonds. The monoisotopic (exact) mass is 312 g/mol. The lowest BCUT2D eigenvalue weighted by Gasteiger charge is -2.39. The van der Waals surface area contributed by atoms with Gasteiger partial charge in [0.25, 0.3) is 0 Å². The van der Waals surface area contributed by atoms with Gasteiger partial charge in [-0.15, -0.1) is 0 Å². The summed E-state index contributed by atoms with van der Waals surface area (Å²) in [5.41, 5.74) is 6.91. The second kappa shape index (κ2) is 6.40. The maximum atomic E-state index is 6.38. The molecule has 0 aliphatic carbocycles. The molecule has 0 bridgehead atoms. The second-order valence-electron chi connectivity index (χ2n) is 5.45. The van der Waals surface area contributed by atoms with Gasteiger partial charge in [0.2, 0.25) is 0 Å². The molecule has 1 aromatic carbocycles. The van der Waals surface area contributed by atoms with Crippen molar-refractivity contribution in [3.8, 4) is 11.5 Å². The van der Waals surface area contributed by atoms with E-state index in [1.807, 2.05) is 12.1 Å². The van der Waals surface area contributed by atoms with Gasteiger partial charge in [0.1, 0.15) is 0 Å². The lowest BCUT2D eigenvalue weighted by Crippen LogP contribution is -2.46. The molecule has 6 heteroatoms.